The molecule has 1 atom stereocenters. The third-order valence-electron chi connectivity index (χ3n) is 6.05. The zero-order valence-corrected chi connectivity index (χ0v) is 17.3. The van der Waals surface area contributed by atoms with Crippen LogP contribution < -0.4 is 0 Å². The van der Waals surface area contributed by atoms with E-state index in [-0.39, 0.29) is 23.8 Å². The number of nitrogens with zero attached hydrogens (tertiary/aromatic N) is 2. The van der Waals surface area contributed by atoms with Crippen molar-refractivity contribution in [2.45, 2.75) is 24.9 Å². The van der Waals surface area contributed by atoms with Gasteiger partial charge in [0.05, 0.1) is 12.1 Å². The third-order valence-corrected chi connectivity index (χ3v) is 6.05. The Labute approximate surface area is 179 Å². The summed E-state index contributed by atoms with van der Waals surface area (Å²) in [5, 5.41) is 0.554. The second-order valence-electron chi connectivity index (χ2n) is 7.99. The van der Waals surface area contributed by atoms with Crippen molar-refractivity contribution in [2.24, 2.45) is 0 Å². The first-order valence-corrected chi connectivity index (χ1v) is 10.3. The van der Waals surface area contributed by atoms with Gasteiger partial charge in [0.15, 0.2) is 0 Å². The minimum atomic E-state index is -0.803. The van der Waals surface area contributed by atoms with Crippen LogP contribution >= 0.6 is 0 Å². The lowest BCUT2D eigenvalue weighted by molar-refractivity contribution is -0.114. The number of hydrogen-bond acceptors (Lipinski definition) is 4. The Morgan fingerprint density at radius 1 is 1.16 bits per heavy atom. The number of amides is 1. The Bertz CT molecular complexity index is 1100. The Hall–Kier alpha value is -3.32. The summed E-state index contributed by atoms with van der Waals surface area (Å²) in [4.78, 5) is 42.5. The van der Waals surface area contributed by atoms with Gasteiger partial charge in [-0.15, -0.1) is 0 Å². The molecule has 7 heteroatoms. The van der Waals surface area contributed by atoms with E-state index in [2.05, 4.69) is 22.0 Å². The molecule has 1 N–H and O–H groups in total. The van der Waals surface area contributed by atoms with E-state index in [0.717, 1.165) is 12.8 Å². The van der Waals surface area contributed by atoms with E-state index in [1.165, 1.54) is 28.2 Å². The highest BCUT2D eigenvalue weighted by Gasteiger charge is 2.30. The summed E-state index contributed by atoms with van der Waals surface area (Å²) in [6.45, 7) is 0.0785. The topological polar surface area (TPSA) is 73.5 Å². The van der Waals surface area contributed by atoms with E-state index >= 15 is 0 Å². The number of nitrogens with one attached hydrogen (secondary N) is 1. The Kier molecular flexibility index (Phi) is 5.95. The molecule has 0 saturated heterocycles. The summed E-state index contributed by atoms with van der Waals surface area (Å²) in [6.07, 6.45) is 3.05. The Balaban J connectivity index is 1.52. The van der Waals surface area contributed by atoms with Gasteiger partial charge in [0.2, 0.25) is 0 Å². The molecule has 1 amide bonds. The fourth-order valence-electron chi connectivity index (χ4n) is 4.34. The van der Waals surface area contributed by atoms with Crippen LogP contribution in [0.15, 0.2) is 48.5 Å². The maximum atomic E-state index is 14.0. The first kappa shape index (κ1) is 20.9. The van der Waals surface area contributed by atoms with E-state index in [0.29, 0.717) is 24.5 Å². The molecule has 0 aliphatic heterocycles. The molecule has 0 radical (unpaired) electrons. The second-order valence-corrected chi connectivity index (χ2v) is 7.99. The van der Waals surface area contributed by atoms with Crippen molar-refractivity contribution in [3.8, 4) is 0 Å². The molecule has 1 unspecified atom stereocenters. The van der Waals surface area contributed by atoms with Crippen molar-refractivity contribution in [2.75, 3.05) is 20.1 Å². The highest BCUT2D eigenvalue weighted by molar-refractivity contribution is 5.99. The molecule has 31 heavy (non-hydrogen) atoms. The smallest absolute Gasteiger partial charge is 0.271 e. The van der Waals surface area contributed by atoms with Crippen LogP contribution in [0.2, 0.25) is 0 Å². The van der Waals surface area contributed by atoms with Crippen LogP contribution in [0, 0.1) is 5.82 Å². The van der Waals surface area contributed by atoms with Crippen LogP contribution in [0.5, 0.6) is 0 Å². The number of aromatic nitrogens is 1. The van der Waals surface area contributed by atoms with Crippen molar-refractivity contribution in [1.29, 1.82) is 0 Å². The van der Waals surface area contributed by atoms with Crippen molar-refractivity contribution < 1.29 is 18.8 Å². The number of aldehydes is 2. The molecule has 6 nitrogen and oxygen atoms in total. The van der Waals surface area contributed by atoms with Gasteiger partial charge in [0.1, 0.15) is 30.1 Å². The largest absolute Gasteiger partial charge is 0.348 e. The van der Waals surface area contributed by atoms with Gasteiger partial charge >= 0.3 is 0 Å². The summed E-state index contributed by atoms with van der Waals surface area (Å²) in [5.74, 6) is -0.978. The number of hydrogen-bond donors (Lipinski definition) is 1. The number of carbonyl (C=O) groups excluding carboxylic acids is 3. The Morgan fingerprint density at radius 3 is 2.48 bits per heavy atom. The molecule has 1 aliphatic carbocycles. The van der Waals surface area contributed by atoms with E-state index < -0.39 is 17.8 Å². The highest BCUT2D eigenvalue weighted by Crippen LogP contribution is 2.25. The van der Waals surface area contributed by atoms with Crippen LogP contribution in [0.25, 0.3) is 10.9 Å². The third kappa shape index (κ3) is 4.14. The average molecular weight is 421 g/mol. The van der Waals surface area contributed by atoms with E-state index in [1.54, 1.807) is 12.1 Å². The molecule has 2 aromatic carbocycles. The zero-order chi connectivity index (χ0) is 22.0. The number of aromatic amines is 1. The molecule has 1 aromatic heterocycles. The van der Waals surface area contributed by atoms with E-state index in [4.69, 9.17) is 0 Å². The maximum absolute atomic E-state index is 14.0. The molecule has 1 heterocycles. The standard InChI is InChI=1S/C24H24FN3O3/c1-27(19-11-16-5-2-3-6-17(16)12-19)14-20(15-30)28(9-10-29)24(31)22-13-18-7-4-8-21(25)23(18)26-22/h2-8,10,13,15,19-20,26H,9,11-12,14H2,1H3. The molecule has 1 aliphatic rings. The fraction of sp³-hybridized carbons (Fsp3) is 0.292. The van der Waals surface area contributed by atoms with Gasteiger partial charge in [-0.25, -0.2) is 4.39 Å². The van der Waals surface area contributed by atoms with E-state index in [9.17, 15) is 18.8 Å². The lowest BCUT2D eigenvalue weighted by Crippen LogP contribution is -2.50. The monoisotopic (exact) mass is 421 g/mol. The summed E-state index contributed by atoms with van der Waals surface area (Å²) < 4.78 is 14.0. The van der Waals surface area contributed by atoms with Gasteiger partial charge in [-0.05, 0) is 43.1 Å². The molecule has 0 bridgehead atoms. The van der Waals surface area contributed by atoms with Gasteiger partial charge in [-0.3, -0.25) is 4.79 Å². The average Bonchev–Trinajstić information content (AvgIpc) is 3.40. The van der Waals surface area contributed by atoms with E-state index in [1.807, 2.05) is 19.2 Å². The van der Waals surface area contributed by atoms with Gasteiger partial charge in [-0.2, -0.15) is 0 Å². The number of para-hydroxylation sites is 1. The number of likely N-dealkylation sites (N-methyl/N-ethyl adjacent to an activating group) is 1. The van der Waals surface area contributed by atoms with Gasteiger partial charge in [-0.1, -0.05) is 36.4 Å². The van der Waals surface area contributed by atoms with Crippen LogP contribution in [0.4, 0.5) is 4.39 Å². The van der Waals surface area contributed by atoms with Crippen LogP contribution in [-0.2, 0) is 22.4 Å². The first-order valence-electron chi connectivity index (χ1n) is 10.3. The predicted octanol–water partition coefficient (Wildman–Crippen LogP) is 2.61. The molecule has 0 fully saturated rings. The second kappa shape index (κ2) is 8.81. The fourth-order valence-corrected chi connectivity index (χ4v) is 4.34. The van der Waals surface area contributed by atoms with Crippen molar-refractivity contribution >= 4 is 29.4 Å². The normalized spacial score (nSPS) is 14.5. The van der Waals surface area contributed by atoms with Crippen molar-refractivity contribution in [3.05, 3.63) is 71.2 Å². The Morgan fingerprint density at radius 2 is 1.87 bits per heavy atom. The van der Waals surface area contributed by atoms with Gasteiger partial charge in [0.25, 0.3) is 5.91 Å². The maximum Gasteiger partial charge on any atom is 0.271 e. The number of H-pyrrole nitrogens is 1. The van der Waals surface area contributed by atoms with Crippen LogP contribution in [0.3, 0.4) is 0 Å². The van der Waals surface area contributed by atoms with Gasteiger partial charge < -0.3 is 24.4 Å². The lowest BCUT2D eigenvalue weighted by Gasteiger charge is -2.32. The molecule has 4 rings (SSSR count). The number of carbonyl (C=O) groups is 3. The number of rotatable bonds is 8. The SMILES string of the molecule is CN(CC(C=O)N(CC=O)C(=O)c1cc2cccc(F)c2[nH]1)C1Cc2ccccc2C1. The van der Waals surface area contributed by atoms with Crippen LogP contribution in [-0.4, -0.2) is 65.5 Å². The predicted molar refractivity (Wildman–Crippen MR) is 115 cm³/mol. The summed E-state index contributed by atoms with van der Waals surface area (Å²) in [5.41, 5.74) is 2.95. The molecule has 3 aromatic rings. The summed E-state index contributed by atoms with van der Waals surface area (Å²) in [7, 11) is 1.93. The van der Waals surface area contributed by atoms with Crippen molar-refractivity contribution in [1.82, 2.24) is 14.8 Å². The zero-order valence-electron chi connectivity index (χ0n) is 17.3. The van der Waals surface area contributed by atoms with Crippen molar-refractivity contribution in [3.63, 3.8) is 0 Å². The molecular weight excluding hydrogens is 397 g/mol. The summed E-state index contributed by atoms with van der Waals surface area (Å²) in [6, 6.07) is 13.8. The quantitative estimate of drug-likeness (QED) is 0.568. The number of halogens is 1. The minimum Gasteiger partial charge on any atom is -0.348 e. The number of fused-ring (bicyclic) bond motifs is 2. The summed E-state index contributed by atoms with van der Waals surface area (Å²) >= 11 is 0. The lowest BCUT2D eigenvalue weighted by atomic mass is 10.1. The van der Waals surface area contributed by atoms with Crippen LogP contribution in [0.1, 0.15) is 21.6 Å². The van der Waals surface area contributed by atoms with Gasteiger partial charge in [0, 0.05) is 18.0 Å². The molecule has 160 valence electrons. The molecule has 0 spiro atoms. The minimum absolute atomic E-state index is 0.143. The number of benzene rings is 2. The highest BCUT2D eigenvalue weighted by atomic mass is 19.1. The first-order chi connectivity index (χ1) is 15.0. The molecular formula is C24H24FN3O3. The molecule has 0 saturated carbocycles.